The van der Waals surface area contributed by atoms with Crippen molar-refractivity contribution in [2.45, 2.75) is 26.9 Å². The molecule has 1 N–H and O–H groups in total. The molecule has 1 amide bonds. The molecule has 6 nitrogen and oxygen atoms in total. The number of benzene rings is 2. The van der Waals surface area contributed by atoms with E-state index < -0.39 is 0 Å². The Morgan fingerprint density at radius 3 is 2.68 bits per heavy atom. The highest BCUT2D eigenvalue weighted by molar-refractivity contribution is 6.30. The zero-order valence-corrected chi connectivity index (χ0v) is 19.0. The van der Waals surface area contributed by atoms with Gasteiger partial charge in [-0.05, 0) is 44.7 Å². The number of aryl methyl sites for hydroxylation is 1. The number of nitrogens with zero attached hydrogens (tertiary/aromatic N) is 3. The number of amides is 1. The molecule has 1 heterocycles. The molecule has 164 valence electrons. The van der Waals surface area contributed by atoms with Crippen molar-refractivity contribution in [2.75, 3.05) is 26.7 Å². The van der Waals surface area contributed by atoms with Crippen LogP contribution in [-0.4, -0.2) is 47.3 Å². The number of ether oxygens (including phenoxy) is 1. The minimum atomic E-state index is -0.0279. The predicted molar refractivity (Wildman–Crippen MR) is 124 cm³/mol. The van der Waals surface area contributed by atoms with Crippen molar-refractivity contribution in [2.24, 2.45) is 0 Å². The van der Waals surface area contributed by atoms with Crippen LogP contribution in [0.2, 0.25) is 5.02 Å². The zero-order valence-electron chi connectivity index (χ0n) is 18.3. The normalized spacial score (nSPS) is 11.0. The van der Waals surface area contributed by atoms with Crippen molar-refractivity contribution >= 4 is 17.5 Å². The van der Waals surface area contributed by atoms with Crippen LogP contribution in [-0.2, 0) is 17.9 Å². The van der Waals surface area contributed by atoms with E-state index in [2.05, 4.69) is 22.5 Å². The first kappa shape index (κ1) is 22.8. The van der Waals surface area contributed by atoms with E-state index in [4.69, 9.17) is 16.3 Å². The standard InChI is InChI=1S/C24H29ClN4O2/c1-18-23(19(2)29(27-18)16-20-8-5-4-6-9-20)15-26-24(30)17-28(3)12-13-31-22-11-7-10-21(25)14-22/h4-11,14H,12-13,15-17H2,1-3H3,(H,26,30). The molecule has 3 aromatic rings. The maximum Gasteiger partial charge on any atom is 0.234 e. The summed E-state index contributed by atoms with van der Waals surface area (Å²) in [6.45, 7) is 6.63. The summed E-state index contributed by atoms with van der Waals surface area (Å²) in [5.41, 5.74) is 4.28. The smallest absolute Gasteiger partial charge is 0.234 e. The largest absolute Gasteiger partial charge is 0.492 e. The number of carbonyl (C=O) groups is 1. The highest BCUT2D eigenvalue weighted by atomic mass is 35.5. The minimum absolute atomic E-state index is 0.0279. The number of hydrogen-bond donors (Lipinski definition) is 1. The Morgan fingerprint density at radius 1 is 1.16 bits per heavy atom. The number of hydrogen-bond acceptors (Lipinski definition) is 4. The van der Waals surface area contributed by atoms with E-state index >= 15 is 0 Å². The average molecular weight is 441 g/mol. The third-order valence-electron chi connectivity index (χ3n) is 5.12. The van der Waals surface area contributed by atoms with E-state index in [-0.39, 0.29) is 5.91 Å². The molecule has 0 aliphatic heterocycles. The van der Waals surface area contributed by atoms with Crippen LogP contribution in [0, 0.1) is 13.8 Å². The van der Waals surface area contributed by atoms with Crippen LogP contribution in [0.5, 0.6) is 5.75 Å². The van der Waals surface area contributed by atoms with Gasteiger partial charge in [-0.2, -0.15) is 5.10 Å². The monoisotopic (exact) mass is 440 g/mol. The lowest BCUT2D eigenvalue weighted by Crippen LogP contribution is -2.36. The summed E-state index contributed by atoms with van der Waals surface area (Å²) in [4.78, 5) is 14.3. The van der Waals surface area contributed by atoms with Gasteiger partial charge >= 0.3 is 0 Å². The van der Waals surface area contributed by atoms with Crippen LogP contribution in [0.4, 0.5) is 0 Å². The van der Waals surface area contributed by atoms with Crippen LogP contribution in [0.1, 0.15) is 22.5 Å². The SMILES string of the molecule is Cc1nn(Cc2ccccc2)c(C)c1CNC(=O)CN(C)CCOc1cccc(Cl)c1. The molecule has 31 heavy (non-hydrogen) atoms. The number of carbonyl (C=O) groups excluding carboxylic acids is 1. The molecule has 2 aromatic carbocycles. The number of likely N-dealkylation sites (N-methyl/N-ethyl adjacent to an activating group) is 1. The molecular formula is C24H29ClN4O2. The van der Waals surface area contributed by atoms with Crippen molar-refractivity contribution in [3.8, 4) is 5.75 Å². The van der Waals surface area contributed by atoms with Gasteiger partial charge in [0.05, 0.1) is 18.8 Å². The Balaban J connectivity index is 1.44. The van der Waals surface area contributed by atoms with Gasteiger partial charge in [-0.3, -0.25) is 14.4 Å². The lowest BCUT2D eigenvalue weighted by Gasteiger charge is -2.17. The maximum absolute atomic E-state index is 12.4. The average Bonchev–Trinajstić information content (AvgIpc) is 3.00. The molecule has 0 aliphatic rings. The minimum Gasteiger partial charge on any atom is -0.492 e. The molecule has 3 rings (SSSR count). The third-order valence-corrected chi connectivity index (χ3v) is 5.36. The van der Waals surface area contributed by atoms with Gasteiger partial charge in [0.1, 0.15) is 12.4 Å². The summed E-state index contributed by atoms with van der Waals surface area (Å²) < 4.78 is 7.67. The van der Waals surface area contributed by atoms with Gasteiger partial charge in [0.2, 0.25) is 5.91 Å². The first-order valence-electron chi connectivity index (χ1n) is 10.3. The summed E-state index contributed by atoms with van der Waals surface area (Å²) in [7, 11) is 1.90. The molecule has 1 aromatic heterocycles. The second kappa shape index (κ2) is 11.0. The second-order valence-corrected chi connectivity index (χ2v) is 8.05. The van der Waals surface area contributed by atoms with Gasteiger partial charge in [-0.25, -0.2) is 0 Å². The number of nitrogens with one attached hydrogen (secondary N) is 1. The lowest BCUT2D eigenvalue weighted by molar-refractivity contribution is -0.122. The van der Waals surface area contributed by atoms with E-state index in [9.17, 15) is 4.79 Å². The maximum atomic E-state index is 12.4. The second-order valence-electron chi connectivity index (χ2n) is 7.61. The van der Waals surface area contributed by atoms with Gasteiger partial charge < -0.3 is 10.1 Å². The lowest BCUT2D eigenvalue weighted by atomic mass is 10.2. The van der Waals surface area contributed by atoms with Crippen LogP contribution in [0.15, 0.2) is 54.6 Å². The molecule has 7 heteroatoms. The zero-order chi connectivity index (χ0) is 22.2. The molecule has 0 spiro atoms. The molecule has 0 fully saturated rings. The summed E-state index contributed by atoms with van der Waals surface area (Å²) >= 11 is 5.96. The quantitative estimate of drug-likeness (QED) is 0.520. The molecule has 0 bridgehead atoms. The fourth-order valence-corrected chi connectivity index (χ4v) is 3.52. The van der Waals surface area contributed by atoms with Crippen molar-refractivity contribution in [1.82, 2.24) is 20.0 Å². The fourth-order valence-electron chi connectivity index (χ4n) is 3.34. The molecular weight excluding hydrogens is 412 g/mol. The van der Waals surface area contributed by atoms with Gasteiger partial charge in [-0.1, -0.05) is 48.0 Å². The van der Waals surface area contributed by atoms with Crippen LogP contribution in [0.3, 0.4) is 0 Å². The van der Waals surface area contributed by atoms with Gasteiger partial charge in [0.15, 0.2) is 0 Å². The molecule has 0 aliphatic carbocycles. The van der Waals surface area contributed by atoms with Crippen LogP contribution < -0.4 is 10.1 Å². The van der Waals surface area contributed by atoms with Crippen molar-refractivity contribution in [3.05, 3.63) is 82.1 Å². The molecule has 0 radical (unpaired) electrons. The van der Waals surface area contributed by atoms with Gasteiger partial charge in [0.25, 0.3) is 0 Å². The Morgan fingerprint density at radius 2 is 1.94 bits per heavy atom. The van der Waals surface area contributed by atoms with E-state index in [1.54, 1.807) is 12.1 Å². The first-order valence-corrected chi connectivity index (χ1v) is 10.7. The van der Waals surface area contributed by atoms with Crippen molar-refractivity contribution in [1.29, 1.82) is 0 Å². The summed E-state index contributed by atoms with van der Waals surface area (Å²) in [6, 6.07) is 17.5. The fraction of sp³-hybridized carbons (Fsp3) is 0.333. The summed E-state index contributed by atoms with van der Waals surface area (Å²) in [5, 5.41) is 8.30. The van der Waals surface area contributed by atoms with Crippen molar-refractivity contribution < 1.29 is 9.53 Å². The Kier molecular flexibility index (Phi) is 8.09. The first-order chi connectivity index (χ1) is 14.9. The number of halogens is 1. The van der Waals surface area contributed by atoms with E-state index in [0.717, 1.165) is 29.2 Å². The van der Waals surface area contributed by atoms with Gasteiger partial charge in [-0.15, -0.1) is 0 Å². The topological polar surface area (TPSA) is 59.4 Å². The predicted octanol–water partition coefficient (Wildman–Crippen LogP) is 3.83. The van der Waals surface area contributed by atoms with E-state index in [0.29, 0.717) is 31.3 Å². The number of rotatable bonds is 10. The number of aromatic nitrogens is 2. The van der Waals surface area contributed by atoms with E-state index in [1.165, 1.54) is 5.56 Å². The molecule has 0 atom stereocenters. The summed E-state index contributed by atoms with van der Waals surface area (Å²) in [6.07, 6.45) is 0. The van der Waals surface area contributed by atoms with E-state index in [1.807, 2.05) is 60.8 Å². The summed E-state index contributed by atoms with van der Waals surface area (Å²) in [5.74, 6) is 0.698. The van der Waals surface area contributed by atoms with Gasteiger partial charge in [0, 0.05) is 29.4 Å². The Labute approximate surface area is 188 Å². The molecule has 0 saturated heterocycles. The third kappa shape index (κ3) is 6.84. The Hall–Kier alpha value is -2.83. The highest BCUT2D eigenvalue weighted by Crippen LogP contribution is 2.17. The molecule has 0 saturated carbocycles. The Bertz CT molecular complexity index is 1000. The molecule has 0 unspecified atom stereocenters. The van der Waals surface area contributed by atoms with Crippen molar-refractivity contribution in [3.63, 3.8) is 0 Å². The van der Waals surface area contributed by atoms with Crippen LogP contribution >= 0.6 is 11.6 Å². The van der Waals surface area contributed by atoms with Crippen LogP contribution in [0.25, 0.3) is 0 Å². The highest BCUT2D eigenvalue weighted by Gasteiger charge is 2.14.